The first-order chi connectivity index (χ1) is 12.5. The number of nitrogens with two attached hydrogens (primary N) is 1. The van der Waals surface area contributed by atoms with Crippen LogP contribution in [-0.4, -0.2) is 40.8 Å². The Balaban J connectivity index is 1.83. The topological polar surface area (TPSA) is 79.5 Å². The van der Waals surface area contributed by atoms with Gasteiger partial charge in [0.05, 0.1) is 23.3 Å². The number of hydrogen-bond acceptors (Lipinski definition) is 8. The molecule has 6 nitrogen and oxygen atoms in total. The largest absolute Gasteiger partial charge is 0.383 e. The molecule has 0 aromatic carbocycles. The highest BCUT2D eigenvalue weighted by molar-refractivity contribution is 7.99. The summed E-state index contributed by atoms with van der Waals surface area (Å²) < 4.78 is 17.2. The molecule has 2 N–H and O–H groups in total. The van der Waals surface area contributed by atoms with Crippen LogP contribution in [-0.2, 0) is 27.2 Å². The molecule has 1 atom stereocenters. The van der Waals surface area contributed by atoms with E-state index in [-0.39, 0.29) is 11.9 Å². The van der Waals surface area contributed by atoms with Gasteiger partial charge in [0, 0.05) is 24.5 Å². The van der Waals surface area contributed by atoms with Crippen molar-refractivity contribution in [3.63, 3.8) is 0 Å². The summed E-state index contributed by atoms with van der Waals surface area (Å²) in [5.41, 5.74) is 7.44. The molecule has 0 radical (unpaired) electrons. The highest BCUT2D eigenvalue weighted by atomic mass is 32.2. The molecule has 0 saturated heterocycles. The van der Waals surface area contributed by atoms with Crippen molar-refractivity contribution in [2.24, 2.45) is 0 Å². The monoisotopic (exact) mass is 397 g/mol. The predicted octanol–water partition coefficient (Wildman–Crippen LogP) is 4.01. The van der Waals surface area contributed by atoms with E-state index < -0.39 is 0 Å². The summed E-state index contributed by atoms with van der Waals surface area (Å²) in [6, 6.07) is 0. The number of hydrogen-bond donors (Lipinski definition) is 1. The standard InChI is InChI=1S/C18H27N3O3S2/c1-5-18(4)8-11-12(9-24-18)26-16-14(11)15(19)20-17(21-16)25-10-13(22-6-2)23-7-3/h13H,5-10H2,1-4H3,(H2,19,20,21)/t18-/m1/s1. The Bertz CT molecular complexity index is 762. The van der Waals surface area contributed by atoms with Gasteiger partial charge < -0.3 is 19.9 Å². The van der Waals surface area contributed by atoms with Crippen molar-refractivity contribution in [1.82, 2.24) is 9.97 Å². The molecule has 3 rings (SSSR count). The summed E-state index contributed by atoms with van der Waals surface area (Å²) in [4.78, 5) is 11.4. The minimum absolute atomic E-state index is 0.136. The average molecular weight is 398 g/mol. The number of rotatable bonds is 8. The highest BCUT2D eigenvalue weighted by Crippen LogP contribution is 2.41. The van der Waals surface area contributed by atoms with Crippen LogP contribution >= 0.6 is 23.1 Å². The molecule has 1 aliphatic rings. The van der Waals surface area contributed by atoms with Gasteiger partial charge in [-0.25, -0.2) is 9.97 Å². The fourth-order valence-electron chi connectivity index (χ4n) is 3.03. The van der Waals surface area contributed by atoms with Crippen LogP contribution in [0, 0.1) is 0 Å². The van der Waals surface area contributed by atoms with Crippen LogP contribution in [0.2, 0.25) is 0 Å². The summed E-state index contributed by atoms with van der Waals surface area (Å²) in [5.74, 6) is 1.19. The first-order valence-corrected chi connectivity index (χ1v) is 10.9. The van der Waals surface area contributed by atoms with Crippen molar-refractivity contribution < 1.29 is 14.2 Å². The van der Waals surface area contributed by atoms with Crippen LogP contribution in [0.3, 0.4) is 0 Å². The summed E-state index contributed by atoms with van der Waals surface area (Å²) in [7, 11) is 0. The van der Waals surface area contributed by atoms with Gasteiger partial charge in [-0.05, 0) is 32.8 Å². The molecule has 2 aromatic rings. The molecular formula is C18H27N3O3S2. The molecule has 0 unspecified atom stereocenters. The van der Waals surface area contributed by atoms with Gasteiger partial charge in [-0.3, -0.25) is 0 Å². The zero-order valence-electron chi connectivity index (χ0n) is 15.8. The molecule has 0 amide bonds. The van der Waals surface area contributed by atoms with Crippen molar-refractivity contribution >= 4 is 39.1 Å². The maximum atomic E-state index is 6.32. The summed E-state index contributed by atoms with van der Waals surface area (Å²) in [5, 5.41) is 1.67. The Morgan fingerprint density at radius 3 is 2.65 bits per heavy atom. The second-order valence-corrected chi connectivity index (χ2v) is 8.57. The van der Waals surface area contributed by atoms with Crippen LogP contribution < -0.4 is 5.73 Å². The molecule has 1 aliphatic heterocycles. The number of nitrogen functional groups attached to an aromatic ring is 1. The lowest BCUT2D eigenvalue weighted by Gasteiger charge is -2.33. The zero-order chi connectivity index (χ0) is 18.7. The first kappa shape index (κ1) is 19.8. The SMILES string of the molecule is CCOC(CSc1nc(N)c2c3c(sc2n1)CO[C@](C)(CC)C3)OCC. The van der Waals surface area contributed by atoms with E-state index in [0.717, 1.165) is 23.1 Å². The number of thiophene rings is 1. The van der Waals surface area contributed by atoms with Gasteiger partial charge in [0.25, 0.3) is 0 Å². The minimum atomic E-state index is -0.259. The molecule has 0 bridgehead atoms. The Morgan fingerprint density at radius 1 is 1.27 bits per heavy atom. The minimum Gasteiger partial charge on any atom is -0.383 e. The van der Waals surface area contributed by atoms with Crippen molar-refractivity contribution in [3.8, 4) is 0 Å². The quantitative estimate of drug-likeness (QED) is 0.409. The van der Waals surface area contributed by atoms with Gasteiger partial charge in [-0.1, -0.05) is 18.7 Å². The molecule has 0 spiro atoms. The van der Waals surface area contributed by atoms with E-state index in [9.17, 15) is 0 Å². The maximum absolute atomic E-state index is 6.32. The van der Waals surface area contributed by atoms with Gasteiger partial charge >= 0.3 is 0 Å². The average Bonchev–Trinajstić information content (AvgIpc) is 2.98. The Morgan fingerprint density at radius 2 is 2.00 bits per heavy atom. The number of nitrogens with zero attached hydrogens (tertiary/aromatic N) is 2. The fraction of sp³-hybridized carbons (Fsp3) is 0.667. The number of ether oxygens (including phenoxy) is 3. The van der Waals surface area contributed by atoms with Crippen LogP contribution in [0.1, 0.15) is 44.6 Å². The van der Waals surface area contributed by atoms with E-state index in [0.29, 0.717) is 36.5 Å². The zero-order valence-corrected chi connectivity index (χ0v) is 17.5. The normalized spacial score (nSPS) is 20.0. The Hall–Kier alpha value is -0.930. The van der Waals surface area contributed by atoms with Gasteiger partial charge in [-0.15, -0.1) is 11.3 Å². The summed E-state index contributed by atoms with van der Waals surface area (Å²) >= 11 is 3.17. The molecule has 2 aromatic heterocycles. The lowest BCUT2D eigenvalue weighted by Crippen LogP contribution is -2.33. The lowest BCUT2D eigenvalue weighted by molar-refractivity contribution is -0.120. The van der Waals surface area contributed by atoms with Crippen molar-refractivity contribution in [2.75, 3.05) is 24.7 Å². The molecule has 0 saturated carbocycles. The van der Waals surface area contributed by atoms with Gasteiger partial charge in [-0.2, -0.15) is 0 Å². The number of fused-ring (bicyclic) bond motifs is 3. The van der Waals surface area contributed by atoms with Crippen molar-refractivity contribution in [1.29, 1.82) is 0 Å². The highest BCUT2D eigenvalue weighted by Gasteiger charge is 2.33. The summed E-state index contributed by atoms with van der Waals surface area (Å²) in [6.07, 6.45) is 1.57. The van der Waals surface area contributed by atoms with E-state index in [4.69, 9.17) is 24.9 Å². The molecule has 0 aliphatic carbocycles. The van der Waals surface area contributed by atoms with Gasteiger partial charge in [0.2, 0.25) is 0 Å². The molecule has 26 heavy (non-hydrogen) atoms. The first-order valence-electron chi connectivity index (χ1n) is 9.07. The van der Waals surface area contributed by atoms with Crippen molar-refractivity contribution in [2.45, 2.75) is 64.2 Å². The van der Waals surface area contributed by atoms with Gasteiger partial charge in [0.15, 0.2) is 11.4 Å². The van der Waals surface area contributed by atoms with Crippen LogP contribution in [0.5, 0.6) is 0 Å². The van der Waals surface area contributed by atoms with E-state index in [1.807, 2.05) is 13.8 Å². The lowest BCUT2D eigenvalue weighted by atomic mass is 9.90. The molecule has 144 valence electrons. The van der Waals surface area contributed by atoms with Gasteiger partial charge in [0.1, 0.15) is 10.6 Å². The number of anilines is 1. The third-order valence-corrected chi connectivity index (χ3v) is 6.62. The molecule has 8 heteroatoms. The maximum Gasteiger partial charge on any atom is 0.191 e. The summed E-state index contributed by atoms with van der Waals surface area (Å²) in [6.45, 7) is 10.1. The smallest absolute Gasteiger partial charge is 0.191 e. The third-order valence-electron chi connectivity index (χ3n) is 4.65. The second-order valence-electron chi connectivity index (χ2n) is 6.50. The molecule has 0 fully saturated rings. The Kier molecular flexibility index (Phi) is 6.40. The third kappa shape index (κ3) is 4.14. The van der Waals surface area contributed by atoms with E-state index in [1.165, 1.54) is 22.2 Å². The number of aromatic nitrogens is 2. The fourth-order valence-corrected chi connectivity index (χ4v) is 4.99. The second kappa shape index (κ2) is 8.39. The van der Waals surface area contributed by atoms with Crippen LogP contribution in [0.15, 0.2) is 5.16 Å². The van der Waals surface area contributed by atoms with E-state index in [2.05, 4.69) is 18.8 Å². The van der Waals surface area contributed by atoms with Crippen molar-refractivity contribution in [3.05, 3.63) is 10.4 Å². The molecular weight excluding hydrogens is 370 g/mol. The predicted molar refractivity (Wildman–Crippen MR) is 107 cm³/mol. The molecule has 3 heterocycles. The van der Waals surface area contributed by atoms with Crippen LogP contribution in [0.25, 0.3) is 10.2 Å². The number of thioether (sulfide) groups is 1. The van der Waals surface area contributed by atoms with E-state index >= 15 is 0 Å². The van der Waals surface area contributed by atoms with E-state index in [1.54, 1.807) is 11.3 Å². The Labute approximate surface area is 162 Å². The van der Waals surface area contributed by atoms with Crippen LogP contribution in [0.4, 0.5) is 5.82 Å².